The van der Waals surface area contributed by atoms with Crippen molar-refractivity contribution in [3.63, 3.8) is 0 Å². The average molecular weight is 548 g/mol. The molecule has 2 aliphatic rings. The molecule has 0 N–H and O–H groups in total. The summed E-state index contributed by atoms with van der Waals surface area (Å²) in [6.07, 6.45) is 6.56. The summed E-state index contributed by atoms with van der Waals surface area (Å²) in [5.74, 6) is 0.512. The van der Waals surface area contributed by atoms with Crippen LogP contribution in [0.25, 0.3) is 11.7 Å². The number of amides is 1. The maximum absolute atomic E-state index is 13.8. The highest BCUT2D eigenvalue weighted by atomic mass is 32.2. The van der Waals surface area contributed by atoms with E-state index in [1.54, 1.807) is 21.6 Å². The number of unbranched alkanes of at least 4 members (excludes halogenated alkanes) is 2. The Balaban J connectivity index is 1.45. The summed E-state index contributed by atoms with van der Waals surface area (Å²) in [6.45, 7) is 8.82. The van der Waals surface area contributed by atoms with E-state index < -0.39 is 0 Å². The number of carbonyl (C=O) groups excluding carboxylic acids is 1. The van der Waals surface area contributed by atoms with Crippen LogP contribution in [-0.2, 0) is 11.3 Å². The minimum Gasteiger partial charge on any atom is -0.353 e. The summed E-state index contributed by atoms with van der Waals surface area (Å²) in [4.78, 5) is 38.7. The van der Waals surface area contributed by atoms with E-state index in [0.29, 0.717) is 32.8 Å². The third-order valence-electron chi connectivity index (χ3n) is 7.04. The van der Waals surface area contributed by atoms with Gasteiger partial charge in [-0.2, -0.15) is 0 Å². The lowest BCUT2D eigenvalue weighted by Crippen LogP contribution is -2.47. The van der Waals surface area contributed by atoms with Crippen LogP contribution in [0.4, 0.5) is 5.82 Å². The summed E-state index contributed by atoms with van der Waals surface area (Å²) in [7, 11) is 0. The Bertz CT molecular complexity index is 1430. The summed E-state index contributed by atoms with van der Waals surface area (Å²) in [5, 5.41) is 0. The van der Waals surface area contributed by atoms with E-state index >= 15 is 0 Å². The van der Waals surface area contributed by atoms with E-state index in [9.17, 15) is 9.59 Å². The lowest BCUT2D eigenvalue weighted by molar-refractivity contribution is -0.122. The predicted octanol–water partition coefficient (Wildman–Crippen LogP) is 4.72. The minimum atomic E-state index is -0.170. The third-order valence-corrected chi connectivity index (χ3v) is 8.42. The maximum atomic E-state index is 13.8. The third kappa shape index (κ3) is 5.70. The van der Waals surface area contributed by atoms with Crippen LogP contribution in [-0.4, -0.2) is 62.1 Å². The fourth-order valence-corrected chi connectivity index (χ4v) is 6.21. The van der Waals surface area contributed by atoms with Gasteiger partial charge in [-0.1, -0.05) is 80.1 Å². The molecule has 0 radical (unpaired) electrons. The topological polar surface area (TPSA) is 61.2 Å². The molecule has 2 aromatic heterocycles. The maximum Gasteiger partial charge on any atom is 0.267 e. The van der Waals surface area contributed by atoms with Gasteiger partial charge in [-0.3, -0.25) is 23.8 Å². The molecule has 1 amide bonds. The first-order chi connectivity index (χ1) is 18.4. The first-order valence-corrected chi connectivity index (χ1v) is 14.5. The van der Waals surface area contributed by atoms with Crippen LogP contribution in [0.1, 0.15) is 42.9 Å². The van der Waals surface area contributed by atoms with Gasteiger partial charge in [0.1, 0.15) is 15.8 Å². The molecule has 0 spiro atoms. The zero-order chi connectivity index (χ0) is 26.6. The molecule has 3 aromatic rings. The Hall–Kier alpha value is -3.01. The monoisotopic (exact) mass is 547 g/mol. The van der Waals surface area contributed by atoms with Crippen LogP contribution in [0.5, 0.6) is 0 Å². The predicted molar refractivity (Wildman–Crippen MR) is 160 cm³/mol. The number of benzene rings is 1. The zero-order valence-electron chi connectivity index (χ0n) is 21.9. The summed E-state index contributed by atoms with van der Waals surface area (Å²) in [5.41, 5.74) is 3.14. The lowest BCUT2D eigenvalue weighted by atomic mass is 10.1. The number of pyridine rings is 1. The largest absolute Gasteiger partial charge is 0.353 e. The van der Waals surface area contributed by atoms with Crippen molar-refractivity contribution in [2.75, 3.05) is 37.6 Å². The highest BCUT2D eigenvalue weighted by Crippen LogP contribution is 2.34. The van der Waals surface area contributed by atoms with Gasteiger partial charge in [0.05, 0.1) is 10.5 Å². The molecule has 0 aliphatic carbocycles. The van der Waals surface area contributed by atoms with Crippen molar-refractivity contribution in [2.24, 2.45) is 0 Å². The normalized spacial score (nSPS) is 17.8. The van der Waals surface area contributed by atoms with Crippen LogP contribution >= 0.6 is 24.0 Å². The molecule has 2 saturated heterocycles. The van der Waals surface area contributed by atoms with Gasteiger partial charge in [-0.15, -0.1) is 0 Å². The highest BCUT2D eigenvalue weighted by molar-refractivity contribution is 8.26. The number of carbonyl (C=O) groups is 1. The summed E-state index contributed by atoms with van der Waals surface area (Å²) in [6, 6.07) is 14.3. The molecule has 7 nitrogen and oxygen atoms in total. The number of aromatic nitrogens is 2. The van der Waals surface area contributed by atoms with Gasteiger partial charge in [0.2, 0.25) is 0 Å². The molecule has 2 aliphatic heterocycles. The van der Waals surface area contributed by atoms with Gasteiger partial charge in [-0.25, -0.2) is 4.98 Å². The number of anilines is 1. The van der Waals surface area contributed by atoms with E-state index in [1.165, 1.54) is 17.3 Å². The Kier molecular flexibility index (Phi) is 8.26. The smallest absolute Gasteiger partial charge is 0.267 e. The molecule has 2 fully saturated rings. The summed E-state index contributed by atoms with van der Waals surface area (Å²) >= 11 is 6.80. The van der Waals surface area contributed by atoms with Crippen LogP contribution in [0, 0.1) is 6.92 Å². The number of thiocarbonyl (C=S) groups is 1. The highest BCUT2D eigenvalue weighted by Gasteiger charge is 2.33. The van der Waals surface area contributed by atoms with Gasteiger partial charge >= 0.3 is 0 Å². The Morgan fingerprint density at radius 1 is 1.03 bits per heavy atom. The molecule has 38 heavy (non-hydrogen) atoms. The number of hydrogen-bond acceptors (Lipinski definition) is 7. The Morgan fingerprint density at radius 2 is 1.79 bits per heavy atom. The minimum absolute atomic E-state index is 0.122. The fraction of sp³-hybridized carbons (Fsp3) is 0.379. The van der Waals surface area contributed by atoms with Crippen molar-refractivity contribution >= 4 is 51.7 Å². The molecule has 5 rings (SSSR count). The quantitative estimate of drug-likeness (QED) is 0.230. The van der Waals surface area contributed by atoms with Crippen molar-refractivity contribution < 1.29 is 4.79 Å². The first kappa shape index (κ1) is 26.6. The van der Waals surface area contributed by atoms with Crippen molar-refractivity contribution in [1.82, 2.24) is 19.2 Å². The van der Waals surface area contributed by atoms with E-state index in [0.717, 1.165) is 57.5 Å². The average Bonchev–Trinajstić information content (AvgIpc) is 3.19. The van der Waals surface area contributed by atoms with E-state index in [-0.39, 0.29) is 11.5 Å². The van der Waals surface area contributed by atoms with E-state index in [1.807, 2.05) is 25.1 Å². The van der Waals surface area contributed by atoms with Gasteiger partial charge in [-0.05, 0) is 36.6 Å². The molecule has 1 aromatic carbocycles. The second kappa shape index (κ2) is 11.8. The fourth-order valence-electron chi connectivity index (χ4n) is 4.92. The number of fused-ring (bicyclic) bond motifs is 1. The lowest BCUT2D eigenvalue weighted by Gasteiger charge is -2.36. The molecule has 0 saturated carbocycles. The second-order valence-corrected chi connectivity index (χ2v) is 11.6. The number of nitrogens with zero attached hydrogens (tertiary/aromatic N) is 5. The Labute approximate surface area is 233 Å². The van der Waals surface area contributed by atoms with Crippen LogP contribution in [0.15, 0.2) is 58.4 Å². The van der Waals surface area contributed by atoms with Crippen LogP contribution < -0.4 is 10.5 Å². The number of rotatable bonds is 8. The van der Waals surface area contributed by atoms with Crippen LogP contribution in [0.2, 0.25) is 0 Å². The second-order valence-electron chi connectivity index (χ2n) is 9.88. The van der Waals surface area contributed by atoms with Crippen molar-refractivity contribution in [1.29, 1.82) is 0 Å². The molecular formula is C29H33N5O2S2. The SMILES string of the molecule is CCCCCN1C(=O)/C(=C\c2c(N3CCN(Cc4ccccc4)CC3)nc3ccc(C)cn3c2=O)SC1=S. The Morgan fingerprint density at radius 3 is 2.53 bits per heavy atom. The van der Waals surface area contributed by atoms with Gasteiger partial charge in [0.15, 0.2) is 0 Å². The number of piperazine rings is 1. The van der Waals surface area contributed by atoms with Crippen molar-refractivity contribution in [3.8, 4) is 0 Å². The number of aryl methyl sites for hydroxylation is 1. The van der Waals surface area contributed by atoms with E-state index in [2.05, 4.69) is 41.0 Å². The van der Waals surface area contributed by atoms with Gasteiger partial charge < -0.3 is 4.90 Å². The zero-order valence-corrected chi connectivity index (χ0v) is 23.6. The summed E-state index contributed by atoms with van der Waals surface area (Å²) < 4.78 is 2.14. The molecule has 4 heterocycles. The van der Waals surface area contributed by atoms with Crippen molar-refractivity contribution in [3.05, 3.63) is 80.6 Å². The molecule has 0 unspecified atom stereocenters. The van der Waals surface area contributed by atoms with Crippen molar-refractivity contribution in [2.45, 2.75) is 39.7 Å². The molecule has 9 heteroatoms. The number of hydrogen-bond donors (Lipinski definition) is 0. The number of thioether (sulfide) groups is 1. The van der Waals surface area contributed by atoms with E-state index in [4.69, 9.17) is 17.2 Å². The molecule has 0 atom stereocenters. The standard InChI is InChI=1S/C29H33N5O2S2/c1-3-4-8-13-33-28(36)24(38-29(33)37)18-23-26(30-25-12-11-21(2)19-34(25)27(23)35)32-16-14-31(15-17-32)20-22-9-6-5-7-10-22/h5-7,9-12,18-19H,3-4,8,13-17,20H2,1-2H3/b24-18+. The van der Waals surface area contributed by atoms with Gasteiger partial charge in [0, 0.05) is 45.5 Å². The van der Waals surface area contributed by atoms with Gasteiger partial charge in [0.25, 0.3) is 11.5 Å². The molecular weight excluding hydrogens is 514 g/mol. The first-order valence-electron chi connectivity index (χ1n) is 13.2. The van der Waals surface area contributed by atoms with Crippen LogP contribution in [0.3, 0.4) is 0 Å². The molecule has 0 bridgehead atoms. The molecule has 198 valence electrons.